The Balaban J connectivity index is 2.37. The molecule has 0 fully saturated rings. The minimum absolute atomic E-state index is 0.195. The standard InChI is InChI=1S/C14H22N2O2/c1-14(2,10-13(17)18)11-16(3)9-7-12-6-4-5-8-15-12/h4-6,8H,7,9-11H2,1-3H3,(H,17,18). The Labute approximate surface area is 109 Å². The fourth-order valence-electron chi connectivity index (χ4n) is 2.13. The monoisotopic (exact) mass is 250 g/mol. The van der Waals surface area contributed by atoms with Gasteiger partial charge in [0.1, 0.15) is 0 Å². The lowest BCUT2D eigenvalue weighted by Crippen LogP contribution is -2.34. The Hall–Kier alpha value is -1.42. The molecule has 0 amide bonds. The molecule has 1 heterocycles. The van der Waals surface area contributed by atoms with E-state index in [9.17, 15) is 4.79 Å². The summed E-state index contributed by atoms with van der Waals surface area (Å²) in [5.74, 6) is -0.738. The number of carboxylic acid groups (broad SMARTS) is 1. The van der Waals surface area contributed by atoms with Gasteiger partial charge in [-0.3, -0.25) is 9.78 Å². The average molecular weight is 250 g/mol. The van der Waals surface area contributed by atoms with E-state index in [4.69, 9.17) is 5.11 Å². The van der Waals surface area contributed by atoms with Crippen LogP contribution >= 0.6 is 0 Å². The van der Waals surface area contributed by atoms with Gasteiger partial charge in [0.2, 0.25) is 0 Å². The molecule has 0 saturated heterocycles. The lowest BCUT2D eigenvalue weighted by atomic mass is 9.89. The van der Waals surface area contributed by atoms with Gasteiger partial charge in [0.05, 0.1) is 6.42 Å². The molecule has 0 unspecified atom stereocenters. The van der Waals surface area contributed by atoms with E-state index >= 15 is 0 Å². The molecule has 0 aliphatic heterocycles. The van der Waals surface area contributed by atoms with E-state index in [0.717, 1.165) is 25.2 Å². The molecule has 1 rings (SSSR count). The number of carboxylic acids is 1. The highest BCUT2D eigenvalue weighted by Gasteiger charge is 2.23. The molecule has 0 aliphatic rings. The SMILES string of the molecule is CN(CCc1ccccn1)CC(C)(C)CC(=O)O. The van der Waals surface area contributed by atoms with Crippen molar-refractivity contribution >= 4 is 5.97 Å². The third-order valence-electron chi connectivity index (χ3n) is 2.80. The number of rotatable bonds is 7. The molecule has 0 bridgehead atoms. The number of hydrogen-bond acceptors (Lipinski definition) is 3. The number of hydrogen-bond donors (Lipinski definition) is 1. The van der Waals surface area contributed by atoms with Crippen molar-refractivity contribution in [3.63, 3.8) is 0 Å². The van der Waals surface area contributed by atoms with E-state index in [1.54, 1.807) is 6.20 Å². The Kier molecular flexibility index (Phi) is 5.28. The van der Waals surface area contributed by atoms with Crippen molar-refractivity contribution in [3.8, 4) is 0 Å². The second kappa shape index (κ2) is 6.50. The van der Waals surface area contributed by atoms with Gasteiger partial charge in [-0.15, -0.1) is 0 Å². The van der Waals surface area contributed by atoms with Crippen LogP contribution in [0.15, 0.2) is 24.4 Å². The number of likely N-dealkylation sites (N-methyl/N-ethyl adjacent to an activating group) is 1. The fraction of sp³-hybridized carbons (Fsp3) is 0.571. The number of nitrogens with zero attached hydrogens (tertiary/aromatic N) is 2. The van der Waals surface area contributed by atoms with E-state index in [0.29, 0.717) is 0 Å². The maximum atomic E-state index is 10.7. The normalized spacial score (nSPS) is 11.8. The molecule has 0 radical (unpaired) electrons. The summed E-state index contributed by atoms with van der Waals surface area (Å²) in [7, 11) is 2.02. The number of aromatic nitrogens is 1. The molecular formula is C14H22N2O2. The summed E-state index contributed by atoms with van der Waals surface area (Å²) in [4.78, 5) is 17.2. The summed E-state index contributed by atoms with van der Waals surface area (Å²) < 4.78 is 0. The highest BCUT2D eigenvalue weighted by molar-refractivity contribution is 5.67. The topological polar surface area (TPSA) is 53.4 Å². The van der Waals surface area contributed by atoms with Crippen LogP contribution in [0.1, 0.15) is 26.0 Å². The summed E-state index contributed by atoms with van der Waals surface area (Å²) in [6.45, 7) is 5.63. The summed E-state index contributed by atoms with van der Waals surface area (Å²) in [6, 6.07) is 5.90. The lowest BCUT2D eigenvalue weighted by Gasteiger charge is -2.28. The van der Waals surface area contributed by atoms with Crippen LogP contribution in [0.5, 0.6) is 0 Å². The maximum absolute atomic E-state index is 10.7. The van der Waals surface area contributed by atoms with Crippen LogP contribution in [0.4, 0.5) is 0 Å². The lowest BCUT2D eigenvalue weighted by molar-refractivity contribution is -0.139. The third kappa shape index (κ3) is 5.77. The van der Waals surface area contributed by atoms with Gasteiger partial charge in [-0.25, -0.2) is 0 Å². The van der Waals surface area contributed by atoms with Gasteiger partial charge in [0, 0.05) is 31.4 Å². The first kappa shape index (κ1) is 14.6. The molecule has 4 nitrogen and oxygen atoms in total. The van der Waals surface area contributed by atoms with Gasteiger partial charge in [-0.2, -0.15) is 0 Å². The third-order valence-corrected chi connectivity index (χ3v) is 2.80. The predicted octanol–water partition coefficient (Wildman–Crippen LogP) is 2.06. The highest BCUT2D eigenvalue weighted by atomic mass is 16.4. The quantitative estimate of drug-likeness (QED) is 0.804. The zero-order chi connectivity index (χ0) is 13.6. The fourth-order valence-corrected chi connectivity index (χ4v) is 2.13. The average Bonchev–Trinajstić information content (AvgIpc) is 2.25. The molecule has 0 aromatic carbocycles. The molecular weight excluding hydrogens is 228 g/mol. The molecule has 0 saturated carbocycles. The molecule has 4 heteroatoms. The molecule has 1 N–H and O–H groups in total. The van der Waals surface area contributed by atoms with Crippen LogP contribution in [0.25, 0.3) is 0 Å². The van der Waals surface area contributed by atoms with Gasteiger partial charge in [-0.1, -0.05) is 19.9 Å². The van der Waals surface area contributed by atoms with Crippen LogP contribution in [0.3, 0.4) is 0 Å². The number of carbonyl (C=O) groups is 1. The zero-order valence-electron chi connectivity index (χ0n) is 11.4. The number of pyridine rings is 1. The van der Waals surface area contributed by atoms with Crippen LogP contribution in [-0.2, 0) is 11.2 Å². The largest absolute Gasteiger partial charge is 0.481 e. The summed E-state index contributed by atoms with van der Waals surface area (Å²) in [5.41, 5.74) is 0.866. The molecule has 1 aromatic heterocycles. The predicted molar refractivity (Wildman–Crippen MR) is 71.5 cm³/mol. The number of aliphatic carboxylic acids is 1. The smallest absolute Gasteiger partial charge is 0.303 e. The van der Waals surface area contributed by atoms with Crippen molar-refractivity contribution in [1.82, 2.24) is 9.88 Å². The van der Waals surface area contributed by atoms with Crippen LogP contribution in [0.2, 0.25) is 0 Å². The van der Waals surface area contributed by atoms with Crippen LogP contribution < -0.4 is 0 Å². The minimum Gasteiger partial charge on any atom is -0.481 e. The molecule has 100 valence electrons. The van der Waals surface area contributed by atoms with Gasteiger partial charge < -0.3 is 10.0 Å². The van der Waals surface area contributed by atoms with Gasteiger partial charge in [-0.05, 0) is 24.6 Å². The molecule has 0 atom stereocenters. The minimum atomic E-state index is -0.738. The van der Waals surface area contributed by atoms with Crippen molar-refractivity contribution in [2.45, 2.75) is 26.7 Å². The highest BCUT2D eigenvalue weighted by Crippen LogP contribution is 2.21. The van der Waals surface area contributed by atoms with Gasteiger partial charge in [0.15, 0.2) is 0 Å². The zero-order valence-corrected chi connectivity index (χ0v) is 11.4. The summed E-state index contributed by atoms with van der Waals surface area (Å²) in [5, 5.41) is 8.84. The summed E-state index contributed by atoms with van der Waals surface area (Å²) in [6.07, 6.45) is 2.88. The van der Waals surface area contributed by atoms with E-state index in [1.807, 2.05) is 39.1 Å². The van der Waals surface area contributed by atoms with Crippen molar-refractivity contribution in [2.24, 2.45) is 5.41 Å². The van der Waals surface area contributed by atoms with Gasteiger partial charge in [0.25, 0.3) is 0 Å². The first-order valence-corrected chi connectivity index (χ1v) is 6.19. The van der Waals surface area contributed by atoms with E-state index in [2.05, 4.69) is 9.88 Å². The Morgan fingerprint density at radius 3 is 2.72 bits per heavy atom. The summed E-state index contributed by atoms with van der Waals surface area (Å²) >= 11 is 0. The first-order valence-electron chi connectivity index (χ1n) is 6.19. The van der Waals surface area contributed by atoms with E-state index in [-0.39, 0.29) is 11.8 Å². The first-order chi connectivity index (χ1) is 8.39. The Morgan fingerprint density at radius 1 is 1.44 bits per heavy atom. The van der Waals surface area contributed by atoms with Crippen molar-refractivity contribution in [1.29, 1.82) is 0 Å². The molecule has 0 spiro atoms. The second-order valence-corrected chi connectivity index (χ2v) is 5.54. The van der Waals surface area contributed by atoms with Crippen molar-refractivity contribution < 1.29 is 9.90 Å². The second-order valence-electron chi connectivity index (χ2n) is 5.54. The molecule has 0 aliphatic carbocycles. The van der Waals surface area contributed by atoms with Crippen molar-refractivity contribution in [2.75, 3.05) is 20.1 Å². The molecule has 1 aromatic rings. The van der Waals surface area contributed by atoms with Crippen LogP contribution in [0, 0.1) is 5.41 Å². The van der Waals surface area contributed by atoms with E-state index < -0.39 is 5.97 Å². The van der Waals surface area contributed by atoms with Gasteiger partial charge >= 0.3 is 5.97 Å². The van der Waals surface area contributed by atoms with E-state index in [1.165, 1.54) is 0 Å². The molecule has 18 heavy (non-hydrogen) atoms. The Bertz CT molecular complexity index is 377. The van der Waals surface area contributed by atoms with Crippen LogP contribution in [-0.4, -0.2) is 41.1 Å². The Morgan fingerprint density at radius 2 is 2.17 bits per heavy atom. The maximum Gasteiger partial charge on any atom is 0.303 e. The van der Waals surface area contributed by atoms with Crippen molar-refractivity contribution in [3.05, 3.63) is 30.1 Å².